The molecule has 3 N–H and O–H groups in total. The van der Waals surface area contributed by atoms with Gasteiger partial charge in [-0.15, -0.1) is 0 Å². The van der Waals surface area contributed by atoms with Crippen molar-refractivity contribution in [2.75, 3.05) is 6.54 Å². The first-order valence-electron chi connectivity index (χ1n) is 5.27. The van der Waals surface area contributed by atoms with E-state index < -0.39 is 36.9 Å². The fourth-order valence-electron chi connectivity index (χ4n) is 1.32. The van der Waals surface area contributed by atoms with E-state index in [4.69, 9.17) is 5.73 Å². The first-order chi connectivity index (χ1) is 8.59. The number of hydrogen-bond donors (Lipinski definition) is 2. The molecule has 7 nitrogen and oxygen atoms in total. The summed E-state index contributed by atoms with van der Waals surface area (Å²) in [5.41, 5.74) is 3.60. The Hall–Kier alpha value is -1.58. The lowest BCUT2D eigenvalue weighted by atomic mass is 10.1. The molecular weight excluding hydrogens is 277 g/mol. The highest BCUT2D eigenvalue weighted by Gasteiger charge is 2.31. The summed E-state index contributed by atoms with van der Waals surface area (Å²) >= 11 is 0. The molecule has 106 valence electrons. The van der Waals surface area contributed by atoms with E-state index in [1.165, 1.54) is 13.8 Å². The number of nitrogens with zero attached hydrogens (tertiary/aromatic N) is 1. The highest BCUT2D eigenvalue weighted by atomic mass is 32.2. The molecule has 1 aromatic rings. The van der Waals surface area contributed by atoms with Gasteiger partial charge in [0.15, 0.2) is 4.90 Å². The van der Waals surface area contributed by atoms with E-state index in [0.29, 0.717) is 6.07 Å². The normalized spacial score (nSPS) is 12.4. The lowest BCUT2D eigenvalue weighted by Crippen LogP contribution is -2.48. The van der Waals surface area contributed by atoms with Crippen LogP contribution in [0.3, 0.4) is 0 Å². The standard InChI is InChI=1S/C10H14FN3O4S/c1-10(2,6-12)13-19(17,18)9-4-3-7(11)5-8(9)14(15)16/h3-5,13H,6,12H2,1-2H3. The summed E-state index contributed by atoms with van der Waals surface area (Å²) in [4.78, 5) is 9.23. The molecular formula is C10H14FN3O4S. The summed E-state index contributed by atoms with van der Waals surface area (Å²) in [7, 11) is -4.16. The Kier molecular flexibility index (Phi) is 4.23. The largest absolute Gasteiger partial charge is 0.329 e. The molecule has 1 rings (SSSR count). The lowest BCUT2D eigenvalue weighted by molar-refractivity contribution is -0.388. The number of nitrogens with two attached hydrogens (primary N) is 1. The average Bonchev–Trinajstić information content (AvgIpc) is 2.27. The fraction of sp³-hybridized carbons (Fsp3) is 0.400. The molecule has 1 aromatic carbocycles. The molecule has 19 heavy (non-hydrogen) atoms. The molecule has 0 heterocycles. The van der Waals surface area contributed by atoms with E-state index >= 15 is 0 Å². The Morgan fingerprint density at radius 2 is 2.05 bits per heavy atom. The third-order valence-electron chi connectivity index (χ3n) is 2.33. The number of sulfonamides is 1. The smallest absolute Gasteiger partial charge is 0.292 e. The summed E-state index contributed by atoms with van der Waals surface area (Å²) in [5.74, 6) is -0.885. The van der Waals surface area contributed by atoms with E-state index in [1.54, 1.807) is 0 Å². The van der Waals surface area contributed by atoms with Gasteiger partial charge < -0.3 is 5.73 Å². The zero-order valence-electron chi connectivity index (χ0n) is 10.4. The maximum atomic E-state index is 13.0. The molecule has 0 amide bonds. The van der Waals surface area contributed by atoms with Crippen molar-refractivity contribution in [3.8, 4) is 0 Å². The molecule has 0 unspecified atom stereocenters. The molecule has 0 aliphatic heterocycles. The van der Waals surface area contributed by atoms with Crippen molar-refractivity contribution in [3.63, 3.8) is 0 Å². The second-order valence-corrected chi connectivity index (χ2v) is 6.21. The number of benzene rings is 1. The molecule has 0 saturated carbocycles. The number of rotatable bonds is 5. The maximum Gasteiger partial charge on any atom is 0.292 e. The second kappa shape index (κ2) is 5.19. The van der Waals surface area contributed by atoms with Crippen LogP contribution in [0.25, 0.3) is 0 Å². The van der Waals surface area contributed by atoms with Crippen molar-refractivity contribution in [1.29, 1.82) is 0 Å². The van der Waals surface area contributed by atoms with Gasteiger partial charge in [0.2, 0.25) is 10.0 Å². The third kappa shape index (κ3) is 3.69. The molecule has 0 aromatic heterocycles. The topological polar surface area (TPSA) is 115 Å². The number of halogens is 1. The number of hydrogen-bond acceptors (Lipinski definition) is 5. The summed E-state index contributed by atoms with van der Waals surface area (Å²) in [6, 6.07) is 2.25. The Bertz CT molecular complexity index is 601. The highest BCUT2D eigenvalue weighted by molar-refractivity contribution is 7.89. The van der Waals surface area contributed by atoms with E-state index in [9.17, 15) is 22.9 Å². The minimum absolute atomic E-state index is 0.00121. The molecule has 0 spiro atoms. The summed E-state index contributed by atoms with van der Waals surface area (Å²) in [6.07, 6.45) is 0. The van der Waals surface area contributed by atoms with Gasteiger partial charge in [-0.3, -0.25) is 10.1 Å². The predicted octanol–water partition coefficient (Wildman–Crippen LogP) is 0.750. The SMILES string of the molecule is CC(C)(CN)NS(=O)(=O)c1ccc(F)cc1[N+](=O)[O-]. The molecule has 0 bridgehead atoms. The Morgan fingerprint density at radius 1 is 1.47 bits per heavy atom. The number of nitro groups is 1. The van der Waals surface area contributed by atoms with Crippen LogP contribution in [-0.4, -0.2) is 25.4 Å². The molecule has 0 fully saturated rings. The molecule has 0 aliphatic carbocycles. The molecule has 0 radical (unpaired) electrons. The van der Waals surface area contributed by atoms with Crippen LogP contribution >= 0.6 is 0 Å². The quantitative estimate of drug-likeness (QED) is 0.613. The minimum atomic E-state index is -4.16. The van der Waals surface area contributed by atoms with Crippen LogP contribution in [0.5, 0.6) is 0 Å². The van der Waals surface area contributed by atoms with Gasteiger partial charge in [-0.1, -0.05) is 0 Å². The third-order valence-corrected chi connectivity index (χ3v) is 4.07. The fourth-order valence-corrected chi connectivity index (χ4v) is 2.90. The van der Waals surface area contributed by atoms with Crippen LogP contribution in [-0.2, 0) is 10.0 Å². The first kappa shape index (κ1) is 15.5. The van der Waals surface area contributed by atoms with Crippen LogP contribution in [0, 0.1) is 15.9 Å². The van der Waals surface area contributed by atoms with Crippen molar-refractivity contribution in [2.24, 2.45) is 5.73 Å². The first-order valence-corrected chi connectivity index (χ1v) is 6.75. The van der Waals surface area contributed by atoms with E-state index in [2.05, 4.69) is 4.72 Å². The highest BCUT2D eigenvalue weighted by Crippen LogP contribution is 2.25. The molecule has 9 heteroatoms. The molecule has 0 aliphatic rings. The number of nitrogens with one attached hydrogen (secondary N) is 1. The van der Waals surface area contributed by atoms with Gasteiger partial charge in [0.25, 0.3) is 5.69 Å². The van der Waals surface area contributed by atoms with Gasteiger partial charge in [-0.2, -0.15) is 0 Å². The molecule has 0 atom stereocenters. The Balaban J connectivity index is 3.33. The van der Waals surface area contributed by atoms with Crippen molar-refractivity contribution >= 4 is 15.7 Å². The van der Waals surface area contributed by atoms with Gasteiger partial charge in [-0.05, 0) is 26.0 Å². The zero-order valence-corrected chi connectivity index (χ0v) is 11.2. The van der Waals surface area contributed by atoms with Crippen LogP contribution in [0.1, 0.15) is 13.8 Å². The van der Waals surface area contributed by atoms with Crippen molar-refractivity contribution in [1.82, 2.24) is 4.72 Å². The van der Waals surface area contributed by atoms with Crippen molar-refractivity contribution in [3.05, 3.63) is 34.1 Å². The van der Waals surface area contributed by atoms with Crippen LogP contribution in [0.15, 0.2) is 23.1 Å². The van der Waals surface area contributed by atoms with Crippen molar-refractivity contribution < 1.29 is 17.7 Å². The Morgan fingerprint density at radius 3 is 2.53 bits per heavy atom. The van der Waals surface area contributed by atoms with Gasteiger partial charge >= 0.3 is 0 Å². The molecule has 0 saturated heterocycles. The van der Waals surface area contributed by atoms with Gasteiger partial charge in [0.1, 0.15) is 5.82 Å². The summed E-state index contributed by atoms with van der Waals surface area (Å²) < 4.78 is 39.3. The predicted molar refractivity (Wildman–Crippen MR) is 66.5 cm³/mol. The van der Waals surface area contributed by atoms with Crippen LogP contribution in [0.2, 0.25) is 0 Å². The van der Waals surface area contributed by atoms with Crippen LogP contribution in [0.4, 0.5) is 10.1 Å². The van der Waals surface area contributed by atoms with Crippen LogP contribution < -0.4 is 10.5 Å². The minimum Gasteiger partial charge on any atom is -0.329 e. The van der Waals surface area contributed by atoms with E-state index in [0.717, 1.165) is 12.1 Å². The second-order valence-electron chi connectivity index (χ2n) is 4.56. The van der Waals surface area contributed by atoms with Crippen molar-refractivity contribution in [2.45, 2.75) is 24.3 Å². The monoisotopic (exact) mass is 291 g/mol. The van der Waals surface area contributed by atoms with E-state index in [1.807, 2.05) is 0 Å². The Labute approximate surface area is 109 Å². The van der Waals surface area contributed by atoms with Gasteiger partial charge in [0, 0.05) is 12.1 Å². The van der Waals surface area contributed by atoms with Gasteiger partial charge in [0.05, 0.1) is 11.0 Å². The maximum absolute atomic E-state index is 13.0. The summed E-state index contributed by atoms with van der Waals surface area (Å²) in [6.45, 7) is 3.06. The zero-order chi connectivity index (χ0) is 14.8. The average molecular weight is 291 g/mol. The summed E-state index contributed by atoms with van der Waals surface area (Å²) in [5, 5.41) is 10.8. The van der Waals surface area contributed by atoms with E-state index in [-0.39, 0.29) is 6.54 Å². The van der Waals surface area contributed by atoms with Gasteiger partial charge in [-0.25, -0.2) is 17.5 Å². The lowest BCUT2D eigenvalue weighted by Gasteiger charge is -2.23. The number of nitro benzene ring substituents is 1.